The summed E-state index contributed by atoms with van der Waals surface area (Å²) in [5.74, 6) is 3.84. The van der Waals surface area contributed by atoms with Crippen molar-refractivity contribution in [3.63, 3.8) is 0 Å². The Balaban J connectivity index is 0.840. The minimum absolute atomic E-state index is 0.146. The van der Waals surface area contributed by atoms with E-state index in [4.69, 9.17) is 4.98 Å². The number of H-pyrrole nitrogens is 1. The first-order valence-electron chi connectivity index (χ1n) is 12.5. The lowest BCUT2D eigenvalue weighted by Crippen LogP contribution is -2.71. The zero-order valence-corrected chi connectivity index (χ0v) is 19.4. The minimum atomic E-state index is -4.41. The molecule has 0 aromatic carbocycles. The summed E-state index contributed by atoms with van der Waals surface area (Å²) < 4.78 is 38.0. The smallest absolute Gasteiger partial charge is 0.323 e. The maximum Gasteiger partial charge on any atom is 0.419 e. The van der Waals surface area contributed by atoms with E-state index in [1.54, 1.807) is 0 Å². The molecule has 11 heteroatoms. The van der Waals surface area contributed by atoms with Crippen molar-refractivity contribution in [2.75, 3.05) is 26.2 Å². The van der Waals surface area contributed by atoms with Gasteiger partial charge in [-0.05, 0) is 44.4 Å². The molecule has 2 amide bonds. The highest BCUT2D eigenvalue weighted by Gasteiger charge is 2.58. The molecule has 1 N–H and O–H groups in total. The number of halogens is 3. The van der Waals surface area contributed by atoms with Crippen LogP contribution in [-0.2, 0) is 12.6 Å². The number of nitrogens with zero attached hydrogens (tertiary/aromatic N) is 6. The van der Waals surface area contributed by atoms with Gasteiger partial charge in [0.1, 0.15) is 11.6 Å². The summed E-state index contributed by atoms with van der Waals surface area (Å²) >= 11 is 0. The summed E-state index contributed by atoms with van der Waals surface area (Å²) in [4.78, 5) is 29.3. The summed E-state index contributed by atoms with van der Waals surface area (Å²) in [6.07, 6.45) is 4.43. The van der Waals surface area contributed by atoms with Crippen molar-refractivity contribution in [2.24, 2.45) is 16.7 Å². The zero-order chi connectivity index (χ0) is 24.0. The lowest BCUT2D eigenvalue weighted by atomic mass is 9.56. The molecule has 2 aromatic rings. The average Bonchev–Trinajstić information content (AvgIpc) is 3.44. The van der Waals surface area contributed by atoms with Crippen LogP contribution in [0.4, 0.5) is 18.0 Å². The van der Waals surface area contributed by atoms with Crippen LogP contribution in [0.2, 0.25) is 0 Å². The van der Waals surface area contributed by atoms with Crippen LogP contribution in [0, 0.1) is 16.7 Å². The number of aromatic amines is 1. The van der Waals surface area contributed by atoms with E-state index in [0.717, 1.165) is 75.9 Å². The number of aromatic nitrogens is 5. The van der Waals surface area contributed by atoms with Gasteiger partial charge in [-0.1, -0.05) is 0 Å². The Bertz CT molecular complexity index is 1130. The predicted octanol–water partition coefficient (Wildman–Crippen LogP) is 3.75. The third kappa shape index (κ3) is 3.69. The Labute approximate surface area is 200 Å². The Morgan fingerprint density at radius 1 is 0.971 bits per heavy atom. The second-order valence-corrected chi connectivity index (χ2v) is 11.8. The average molecular weight is 488 g/mol. The van der Waals surface area contributed by atoms with Gasteiger partial charge in [-0.3, -0.25) is 5.10 Å². The van der Waals surface area contributed by atoms with Crippen molar-refractivity contribution in [3.8, 4) is 0 Å². The number of amides is 2. The molecule has 2 spiro atoms. The number of rotatable bonds is 4. The van der Waals surface area contributed by atoms with Crippen molar-refractivity contribution in [1.82, 2.24) is 34.9 Å². The van der Waals surface area contributed by atoms with E-state index >= 15 is 0 Å². The van der Waals surface area contributed by atoms with Crippen molar-refractivity contribution in [3.05, 3.63) is 35.4 Å². The van der Waals surface area contributed by atoms with Gasteiger partial charge in [0.25, 0.3) is 0 Å². The number of hydrogen-bond acceptors (Lipinski definition) is 5. The Hall–Kier alpha value is -2.72. The van der Waals surface area contributed by atoms with Crippen LogP contribution in [0.25, 0.3) is 0 Å². The second kappa shape index (κ2) is 7.16. The number of carbonyl (C=O) groups is 1. The summed E-state index contributed by atoms with van der Waals surface area (Å²) in [6, 6.07) is 0.146. The second-order valence-electron chi connectivity index (χ2n) is 11.8. The molecule has 3 aliphatic carbocycles. The Morgan fingerprint density at radius 3 is 2.14 bits per heavy atom. The van der Waals surface area contributed by atoms with E-state index in [0.29, 0.717) is 30.0 Å². The van der Waals surface area contributed by atoms with Gasteiger partial charge in [0.2, 0.25) is 0 Å². The normalized spacial score (nSPS) is 25.2. The van der Waals surface area contributed by atoms with Gasteiger partial charge in [0, 0.05) is 67.7 Å². The molecule has 0 atom stereocenters. The fourth-order valence-electron chi connectivity index (χ4n) is 6.87. The zero-order valence-electron chi connectivity index (χ0n) is 19.4. The van der Waals surface area contributed by atoms with Gasteiger partial charge < -0.3 is 9.80 Å². The molecule has 2 aromatic heterocycles. The van der Waals surface area contributed by atoms with E-state index in [1.165, 1.54) is 12.8 Å². The molecule has 4 heterocycles. The van der Waals surface area contributed by atoms with Crippen LogP contribution >= 0.6 is 0 Å². The molecule has 0 bridgehead atoms. The highest BCUT2D eigenvalue weighted by Crippen LogP contribution is 2.57. The van der Waals surface area contributed by atoms with Gasteiger partial charge in [0.15, 0.2) is 5.82 Å². The van der Waals surface area contributed by atoms with Crippen LogP contribution in [0.15, 0.2) is 12.4 Å². The summed E-state index contributed by atoms with van der Waals surface area (Å²) in [5, 5.41) is 7.53. The molecule has 35 heavy (non-hydrogen) atoms. The van der Waals surface area contributed by atoms with E-state index in [9.17, 15) is 18.0 Å². The fraction of sp³-hybridized carbons (Fsp3) is 0.708. The molecular formula is C24H28F3N7O. The predicted molar refractivity (Wildman–Crippen MR) is 117 cm³/mol. The Morgan fingerprint density at radius 2 is 1.57 bits per heavy atom. The molecule has 186 valence electrons. The summed E-state index contributed by atoms with van der Waals surface area (Å²) in [7, 11) is 0. The van der Waals surface area contributed by atoms with Gasteiger partial charge in [-0.2, -0.15) is 18.3 Å². The highest BCUT2D eigenvalue weighted by atomic mass is 19.4. The maximum absolute atomic E-state index is 12.9. The number of likely N-dealkylation sites (tertiary alicyclic amines) is 2. The number of hydrogen-bond donors (Lipinski definition) is 1. The minimum Gasteiger partial charge on any atom is -0.323 e. The van der Waals surface area contributed by atoms with Crippen molar-refractivity contribution < 1.29 is 18.0 Å². The maximum atomic E-state index is 12.9. The summed E-state index contributed by atoms with van der Waals surface area (Å²) in [5.41, 5.74) is -0.376. The molecule has 5 aliphatic rings. The first-order valence-corrected chi connectivity index (χ1v) is 12.5. The number of urea groups is 1. The van der Waals surface area contributed by atoms with Crippen LogP contribution in [0.5, 0.6) is 0 Å². The van der Waals surface area contributed by atoms with E-state index < -0.39 is 11.7 Å². The fourth-order valence-corrected chi connectivity index (χ4v) is 6.87. The lowest BCUT2D eigenvalue weighted by Gasteiger charge is -2.63. The first-order chi connectivity index (χ1) is 16.7. The molecule has 5 fully saturated rings. The third-order valence-corrected chi connectivity index (χ3v) is 8.80. The highest BCUT2D eigenvalue weighted by molar-refractivity contribution is 5.77. The molecule has 0 radical (unpaired) electrons. The van der Waals surface area contributed by atoms with Gasteiger partial charge >= 0.3 is 12.2 Å². The van der Waals surface area contributed by atoms with Crippen LogP contribution in [0.3, 0.4) is 0 Å². The van der Waals surface area contributed by atoms with Gasteiger partial charge in [0.05, 0.1) is 5.56 Å². The SMILES string of the molecule is O=C(N1CC2(CC(Cc3ncc(C(F)(F)F)cn3)C2)C1)N1CC2(CC(c3n[nH]c(C4CC4)n3)C2)C1. The molecule has 0 unspecified atom stereocenters. The first kappa shape index (κ1) is 21.6. The molecule has 7 rings (SSSR count). The molecule has 3 saturated carbocycles. The largest absolute Gasteiger partial charge is 0.419 e. The summed E-state index contributed by atoms with van der Waals surface area (Å²) in [6.45, 7) is 3.23. The van der Waals surface area contributed by atoms with Crippen LogP contribution in [-0.4, -0.2) is 67.2 Å². The van der Waals surface area contributed by atoms with Crippen molar-refractivity contribution in [2.45, 2.75) is 63.0 Å². The van der Waals surface area contributed by atoms with E-state index in [2.05, 4.69) is 20.2 Å². The topological polar surface area (TPSA) is 90.9 Å². The number of nitrogens with one attached hydrogen (secondary N) is 1. The monoisotopic (exact) mass is 487 g/mol. The lowest BCUT2D eigenvalue weighted by molar-refractivity contribution is -0.138. The van der Waals surface area contributed by atoms with Crippen molar-refractivity contribution >= 4 is 6.03 Å². The standard InChI is InChI=1S/C24H28F3N7O/c25-24(26,27)17-8-28-18(29-9-17)3-14-4-22(5-14)10-33(11-22)21(35)34-12-23(13-34)6-16(7-23)20-30-19(31-32-20)15-1-2-15/h8-9,14-16H,1-7,10-13H2,(H,30,31,32). The number of alkyl halides is 3. The third-order valence-electron chi connectivity index (χ3n) is 8.80. The molecule has 2 aliphatic heterocycles. The molecule has 2 saturated heterocycles. The van der Waals surface area contributed by atoms with Crippen molar-refractivity contribution in [1.29, 1.82) is 0 Å². The number of carbonyl (C=O) groups excluding carboxylic acids is 1. The quantitative estimate of drug-likeness (QED) is 0.710. The molecule has 8 nitrogen and oxygen atoms in total. The van der Waals surface area contributed by atoms with Gasteiger partial charge in [-0.25, -0.2) is 19.7 Å². The van der Waals surface area contributed by atoms with Gasteiger partial charge in [-0.15, -0.1) is 0 Å². The van der Waals surface area contributed by atoms with Crippen LogP contribution in [0.1, 0.15) is 73.4 Å². The van der Waals surface area contributed by atoms with E-state index in [-0.39, 0.29) is 16.9 Å². The van der Waals surface area contributed by atoms with E-state index in [1.807, 2.05) is 9.80 Å². The molecular weight excluding hydrogens is 459 g/mol. The Kier molecular flexibility index (Phi) is 4.41. The van der Waals surface area contributed by atoms with Crippen LogP contribution < -0.4 is 0 Å².